The number of carbonyl (C=O) groups excluding carboxylic acids is 2. The number of benzene rings is 1. The number of piperidine rings is 1. The van der Waals surface area contributed by atoms with Gasteiger partial charge >= 0.3 is 5.97 Å². The Kier molecular flexibility index (Phi) is 6.29. The van der Waals surface area contributed by atoms with Crippen molar-refractivity contribution in [2.75, 3.05) is 26.8 Å². The second kappa shape index (κ2) is 8.69. The van der Waals surface area contributed by atoms with Gasteiger partial charge in [-0.15, -0.1) is 0 Å². The second-order valence-corrected chi connectivity index (χ2v) is 7.39. The fraction of sp³-hybridized carbons (Fsp3) is 0.429. The number of hydrogen-bond donors (Lipinski definition) is 0. The Labute approximate surface area is 170 Å². The van der Waals surface area contributed by atoms with E-state index in [1.54, 1.807) is 36.3 Å². The van der Waals surface area contributed by atoms with E-state index in [9.17, 15) is 9.59 Å². The van der Waals surface area contributed by atoms with Crippen molar-refractivity contribution >= 4 is 23.5 Å². The molecule has 3 rings (SSSR count). The molecule has 7 heteroatoms. The molecule has 0 spiro atoms. The first-order chi connectivity index (χ1) is 13.4. The normalized spacial score (nSPS) is 14.1. The van der Waals surface area contributed by atoms with Gasteiger partial charge in [0.25, 0.3) is 5.91 Å². The average molecular weight is 405 g/mol. The number of esters is 1. The molecule has 0 N–H and O–H groups in total. The van der Waals surface area contributed by atoms with E-state index in [0.717, 1.165) is 43.7 Å². The summed E-state index contributed by atoms with van der Waals surface area (Å²) in [4.78, 5) is 26.6. The van der Waals surface area contributed by atoms with E-state index in [1.165, 1.54) is 0 Å². The van der Waals surface area contributed by atoms with Gasteiger partial charge in [0.15, 0.2) is 6.61 Å². The summed E-state index contributed by atoms with van der Waals surface area (Å²) in [5.41, 5.74) is 2.71. The van der Waals surface area contributed by atoms with Gasteiger partial charge in [-0.1, -0.05) is 11.6 Å². The maximum Gasteiger partial charge on any atom is 0.340 e. The minimum atomic E-state index is -0.509. The van der Waals surface area contributed by atoms with Crippen LogP contribution in [0.25, 0.3) is 5.69 Å². The zero-order valence-corrected chi connectivity index (χ0v) is 17.2. The highest BCUT2D eigenvalue weighted by Crippen LogP contribution is 2.30. The van der Waals surface area contributed by atoms with Crippen LogP contribution in [0, 0.1) is 13.8 Å². The van der Waals surface area contributed by atoms with E-state index in [1.807, 2.05) is 18.4 Å². The Morgan fingerprint density at radius 3 is 2.50 bits per heavy atom. The van der Waals surface area contributed by atoms with E-state index in [-0.39, 0.29) is 12.5 Å². The van der Waals surface area contributed by atoms with E-state index in [4.69, 9.17) is 21.1 Å². The first-order valence-electron chi connectivity index (χ1n) is 9.40. The highest BCUT2D eigenvalue weighted by atomic mass is 35.5. The van der Waals surface area contributed by atoms with Crippen LogP contribution < -0.4 is 4.74 Å². The van der Waals surface area contributed by atoms with E-state index < -0.39 is 5.97 Å². The van der Waals surface area contributed by atoms with Gasteiger partial charge in [0.05, 0.1) is 18.4 Å². The summed E-state index contributed by atoms with van der Waals surface area (Å²) in [5, 5.41) is 0.569. The molecule has 1 aromatic heterocycles. The number of ether oxygens (including phenoxy) is 2. The smallest absolute Gasteiger partial charge is 0.340 e. The summed E-state index contributed by atoms with van der Waals surface area (Å²) < 4.78 is 12.6. The number of methoxy groups -OCH3 is 1. The molecule has 0 aliphatic carbocycles. The van der Waals surface area contributed by atoms with Crippen molar-refractivity contribution in [3.63, 3.8) is 0 Å². The number of aryl methyl sites for hydroxylation is 1. The van der Waals surface area contributed by atoms with Crippen molar-refractivity contribution in [3.05, 3.63) is 46.2 Å². The van der Waals surface area contributed by atoms with Crippen LogP contribution in [0.2, 0.25) is 5.02 Å². The molecule has 0 atom stereocenters. The molecule has 2 heterocycles. The lowest BCUT2D eigenvalue weighted by Crippen LogP contribution is -2.38. The highest BCUT2D eigenvalue weighted by Gasteiger charge is 2.22. The van der Waals surface area contributed by atoms with Crippen molar-refractivity contribution in [1.29, 1.82) is 0 Å². The van der Waals surface area contributed by atoms with Crippen LogP contribution in [0.5, 0.6) is 5.75 Å². The number of aromatic nitrogens is 1. The van der Waals surface area contributed by atoms with Crippen LogP contribution in [-0.4, -0.2) is 48.1 Å². The third-order valence-electron chi connectivity index (χ3n) is 5.07. The van der Waals surface area contributed by atoms with E-state index in [0.29, 0.717) is 22.0 Å². The summed E-state index contributed by atoms with van der Waals surface area (Å²) in [7, 11) is 1.59. The van der Waals surface area contributed by atoms with E-state index >= 15 is 0 Å². The molecule has 6 nitrogen and oxygen atoms in total. The molecule has 150 valence electrons. The van der Waals surface area contributed by atoms with Crippen LogP contribution in [0.15, 0.2) is 24.3 Å². The van der Waals surface area contributed by atoms with Gasteiger partial charge in [0, 0.05) is 29.5 Å². The molecule has 0 unspecified atom stereocenters. The third-order valence-corrected chi connectivity index (χ3v) is 5.30. The third kappa shape index (κ3) is 4.17. The lowest BCUT2D eigenvalue weighted by molar-refractivity contribution is -0.135. The molecule has 1 aromatic carbocycles. The van der Waals surface area contributed by atoms with Gasteiger partial charge in [-0.25, -0.2) is 4.79 Å². The molecule has 28 heavy (non-hydrogen) atoms. The molecule has 0 radical (unpaired) electrons. The van der Waals surface area contributed by atoms with Gasteiger partial charge in [-0.3, -0.25) is 4.79 Å². The Morgan fingerprint density at radius 1 is 1.11 bits per heavy atom. The van der Waals surface area contributed by atoms with Crippen LogP contribution in [0.4, 0.5) is 0 Å². The summed E-state index contributed by atoms with van der Waals surface area (Å²) in [6.07, 6.45) is 3.15. The minimum Gasteiger partial charge on any atom is -0.495 e. The molecule has 1 aliphatic rings. The van der Waals surface area contributed by atoms with Crippen LogP contribution in [-0.2, 0) is 9.53 Å². The number of nitrogens with zero attached hydrogens (tertiary/aromatic N) is 2. The topological polar surface area (TPSA) is 60.8 Å². The SMILES string of the molecule is COc1ccc(Cl)cc1-n1c(C)cc(C(=O)OCC(=O)N2CCCCC2)c1C. The minimum absolute atomic E-state index is 0.140. The first kappa shape index (κ1) is 20.3. The second-order valence-electron chi connectivity index (χ2n) is 6.95. The maximum absolute atomic E-state index is 12.6. The van der Waals surface area contributed by atoms with Crippen molar-refractivity contribution in [3.8, 4) is 11.4 Å². The van der Waals surface area contributed by atoms with Crippen LogP contribution in [0.3, 0.4) is 0 Å². The van der Waals surface area contributed by atoms with Crippen LogP contribution >= 0.6 is 11.6 Å². The average Bonchev–Trinajstić information content (AvgIpc) is 3.00. The number of likely N-dealkylation sites (tertiary alicyclic amines) is 1. The lowest BCUT2D eigenvalue weighted by atomic mass is 10.1. The summed E-state index contributed by atoms with van der Waals surface area (Å²) >= 11 is 6.15. The van der Waals surface area contributed by atoms with Gasteiger partial charge in [-0.2, -0.15) is 0 Å². The molecule has 1 fully saturated rings. The summed E-state index contributed by atoms with van der Waals surface area (Å²) in [5.74, 6) is -0.00420. The fourth-order valence-electron chi connectivity index (χ4n) is 3.62. The van der Waals surface area contributed by atoms with Gasteiger partial charge in [-0.05, 0) is 57.4 Å². The van der Waals surface area contributed by atoms with Crippen molar-refractivity contribution in [1.82, 2.24) is 9.47 Å². The van der Waals surface area contributed by atoms with Crippen molar-refractivity contribution in [2.45, 2.75) is 33.1 Å². The number of halogens is 1. The number of amides is 1. The molecule has 1 aliphatic heterocycles. The predicted molar refractivity (Wildman–Crippen MR) is 108 cm³/mol. The number of carbonyl (C=O) groups is 2. The number of hydrogen-bond acceptors (Lipinski definition) is 4. The van der Waals surface area contributed by atoms with Crippen molar-refractivity contribution < 1.29 is 19.1 Å². The number of rotatable bonds is 5. The Bertz CT molecular complexity index is 885. The zero-order chi connectivity index (χ0) is 20.3. The lowest BCUT2D eigenvalue weighted by Gasteiger charge is -2.26. The first-order valence-corrected chi connectivity index (χ1v) is 9.78. The van der Waals surface area contributed by atoms with Gasteiger partial charge in [0.1, 0.15) is 5.75 Å². The molecular formula is C21H25ClN2O4. The summed E-state index contributed by atoms with van der Waals surface area (Å²) in [6.45, 7) is 4.96. The standard InChI is InChI=1S/C21H25ClN2O4/c1-14-11-17(21(26)28-13-20(25)23-9-5-4-6-10-23)15(2)24(14)18-12-16(22)7-8-19(18)27-3/h7-8,11-12H,4-6,9-10,13H2,1-3H3. The predicted octanol–water partition coefficient (Wildman–Crippen LogP) is 3.93. The van der Waals surface area contributed by atoms with Gasteiger partial charge < -0.3 is 18.9 Å². The van der Waals surface area contributed by atoms with Crippen LogP contribution in [0.1, 0.15) is 41.0 Å². The Morgan fingerprint density at radius 2 is 1.82 bits per heavy atom. The fourth-order valence-corrected chi connectivity index (χ4v) is 3.78. The molecule has 0 bridgehead atoms. The molecular weight excluding hydrogens is 380 g/mol. The molecule has 0 saturated carbocycles. The zero-order valence-electron chi connectivity index (χ0n) is 16.5. The summed E-state index contributed by atoms with van der Waals surface area (Å²) in [6, 6.07) is 7.07. The Balaban J connectivity index is 1.79. The molecule has 2 aromatic rings. The van der Waals surface area contributed by atoms with Gasteiger partial charge in [0.2, 0.25) is 0 Å². The quantitative estimate of drug-likeness (QED) is 0.708. The van der Waals surface area contributed by atoms with E-state index in [2.05, 4.69) is 0 Å². The molecule has 1 saturated heterocycles. The Hall–Kier alpha value is -2.47. The monoisotopic (exact) mass is 404 g/mol. The highest BCUT2D eigenvalue weighted by molar-refractivity contribution is 6.30. The maximum atomic E-state index is 12.6. The van der Waals surface area contributed by atoms with Crippen molar-refractivity contribution in [2.24, 2.45) is 0 Å². The molecule has 1 amide bonds. The largest absolute Gasteiger partial charge is 0.495 e.